The summed E-state index contributed by atoms with van der Waals surface area (Å²) in [5.41, 5.74) is 14.4. The van der Waals surface area contributed by atoms with Crippen LogP contribution in [0.4, 0.5) is 0 Å². The van der Waals surface area contributed by atoms with Crippen LogP contribution in [-0.4, -0.2) is 187 Å². The molecule has 4 rings (SSSR count). The van der Waals surface area contributed by atoms with Gasteiger partial charge in [-0.15, -0.1) is 0 Å². The molecular weight excluding hydrogens is 1450 g/mol. The van der Waals surface area contributed by atoms with E-state index in [0.29, 0.717) is 67.0 Å². The first-order valence-electron chi connectivity index (χ1n) is 38.2. The molecule has 18 N–H and O–H groups in total. The number of hydrogen-bond acceptors (Lipinski definition) is 21. The second kappa shape index (κ2) is 45.2. The summed E-state index contributed by atoms with van der Waals surface area (Å²) in [5, 5.41) is 44.7. The zero-order valence-electron chi connectivity index (χ0n) is 66.3. The lowest BCUT2D eigenvalue weighted by Crippen LogP contribution is -2.62. The van der Waals surface area contributed by atoms with Gasteiger partial charge in [-0.3, -0.25) is 81.5 Å². The largest absolute Gasteiger partial charge is 0.508 e. The number of amides is 10. The van der Waals surface area contributed by atoms with Crippen LogP contribution in [0.5, 0.6) is 5.75 Å². The maximum absolute atomic E-state index is 15.0. The van der Waals surface area contributed by atoms with Crippen LogP contribution in [0.1, 0.15) is 197 Å². The summed E-state index contributed by atoms with van der Waals surface area (Å²) in [4.78, 5) is 236. The Morgan fingerprint density at radius 3 is 1.78 bits per heavy atom. The van der Waals surface area contributed by atoms with Gasteiger partial charge in [-0.2, -0.15) is 0 Å². The van der Waals surface area contributed by atoms with Gasteiger partial charge in [0, 0.05) is 68.1 Å². The third-order valence-electron chi connectivity index (χ3n) is 19.8. The molecule has 112 heavy (non-hydrogen) atoms. The third kappa shape index (κ3) is 30.7. The van der Waals surface area contributed by atoms with Gasteiger partial charge in [-0.05, 0) is 148 Å². The van der Waals surface area contributed by atoms with Crippen molar-refractivity contribution in [3.05, 3.63) is 78.0 Å². The van der Waals surface area contributed by atoms with Crippen LogP contribution in [0.15, 0.2) is 66.9 Å². The van der Waals surface area contributed by atoms with E-state index in [1.807, 2.05) is 26.0 Å². The highest BCUT2D eigenvalue weighted by atomic mass is 16.4. The smallest absolute Gasteiger partial charge is 0.303 e. The molecule has 10 amide bonds. The molecule has 3 unspecified atom stereocenters. The van der Waals surface area contributed by atoms with Crippen LogP contribution in [0, 0.1) is 23.2 Å². The second-order valence-corrected chi connectivity index (χ2v) is 30.4. The van der Waals surface area contributed by atoms with Crippen LogP contribution >= 0.6 is 0 Å². The van der Waals surface area contributed by atoms with Crippen molar-refractivity contribution >= 4 is 111 Å². The summed E-state index contributed by atoms with van der Waals surface area (Å²) in [6.45, 7) is 17.0. The van der Waals surface area contributed by atoms with Crippen LogP contribution in [0.2, 0.25) is 0 Å². The number of benzene rings is 2. The number of phenolic OH excluding ortho intramolecular Hbond substituents is 1. The lowest BCUT2D eigenvalue weighted by molar-refractivity contribution is -0.140. The Balaban J connectivity index is 1.71. The van der Waals surface area contributed by atoms with Gasteiger partial charge in [0.15, 0.2) is 5.78 Å². The van der Waals surface area contributed by atoms with Gasteiger partial charge in [0.25, 0.3) is 0 Å². The Bertz CT molecular complexity index is 3900. The number of carbonyl (C=O) groups is 17. The first kappa shape index (κ1) is 94.0. The number of Topliss-reactive ketones (excluding diaryl/α,β-unsaturated/α-hetero) is 6. The molecule has 14 atom stereocenters. The minimum Gasteiger partial charge on any atom is -0.508 e. The molecule has 0 spiro atoms. The number of hydrazine groups is 1. The van der Waals surface area contributed by atoms with Crippen molar-refractivity contribution < 1.29 is 91.7 Å². The third-order valence-corrected chi connectivity index (χ3v) is 19.8. The summed E-state index contributed by atoms with van der Waals surface area (Å²) in [6.07, 6.45) is 6.64. The van der Waals surface area contributed by atoms with E-state index in [9.17, 15) is 91.7 Å². The summed E-state index contributed by atoms with van der Waals surface area (Å²) in [6, 6.07) is -1.45. The van der Waals surface area contributed by atoms with Crippen molar-refractivity contribution in [2.45, 2.75) is 265 Å². The summed E-state index contributed by atoms with van der Waals surface area (Å²) < 4.78 is 0. The van der Waals surface area contributed by atoms with E-state index in [2.05, 4.69) is 63.7 Å². The van der Waals surface area contributed by atoms with Crippen LogP contribution in [-0.2, 0) is 94.3 Å². The number of primary amides is 2. The molecule has 2 aromatic carbocycles. The standard InChI is InChI=1S/C79H116N14O19/c1-43(2)36-54-42-83-58(30-32-63(80)97)68(103)66(101)48(7)85-74(109)61(39-53-41-82-57-25-21-20-24-56(53)57)89-75(110)60(38-52-26-28-55(95)29-27-52)88-73(108)59(31-33-64(98)99)90-76(111)78(11,40-45(4)94)34-22-18-16-14-13-15-17-19-23-35-79(12,91-72(54)107)77(112)87-51(10)71(106)86-50(9)70(105)84-47(6)65(100)67(102)49(8)93-92-46(5)62(96)37-44(3)69(81)104/h15,17,20-21,24-29,41,43-44,46-51,54,58-61,82-83,92-93,95H,13-14,16,18-19,22-23,30-40,42H2,1-12H3,(H2,80,97)(H2,81,104)(H,84,105)(H,85,109)(H,86,106)(H,87,112)(H,88,108)(H,89,110)(H,90,111)(H,91,107)(H,98,99)/b17-15+/t44-,46+,47-,48?,49-,50?,51-,54+,58-,59-,60?,61-,78-,79-/m0/s1. The molecule has 0 radical (unpaired) electrons. The highest BCUT2D eigenvalue weighted by molar-refractivity contribution is 6.41. The number of aromatic amines is 1. The predicted octanol–water partition coefficient (Wildman–Crippen LogP) is 2.05. The number of aromatic nitrogens is 1. The highest BCUT2D eigenvalue weighted by Crippen LogP contribution is 2.31. The van der Waals surface area contributed by atoms with Crippen molar-refractivity contribution in [1.82, 2.24) is 63.7 Å². The van der Waals surface area contributed by atoms with E-state index >= 15 is 0 Å². The number of H-pyrrole nitrogens is 1. The average molecular weight is 1570 g/mol. The Kier molecular flexibility index (Phi) is 37.9. The van der Waals surface area contributed by atoms with Crippen molar-refractivity contribution in [2.24, 2.45) is 34.6 Å². The summed E-state index contributed by atoms with van der Waals surface area (Å²) in [5.74, 6) is -17.0. The molecule has 0 bridgehead atoms. The van der Waals surface area contributed by atoms with Crippen LogP contribution in [0.3, 0.4) is 0 Å². The number of rotatable bonds is 30. The fourth-order valence-corrected chi connectivity index (χ4v) is 12.7. The number of aromatic hydroxyl groups is 1. The minimum atomic E-state index is -1.78. The quantitative estimate of drug-likeness (QED) is 0.0258. The van der Waals surface area contributed by atoms with E-state index in [4.69, 9.17) is 11.5 Å². The molecule has 33 nitrogen and oxygen atoms in total. The van der Waals surface area contributed by atoms with E-state index < -0.39 is 196 Å². The van der Waals surface area contributed by atoms with Crippen molar-refractivity contribution in [2.75, 3.05) is 6.54 Å². The van der Waals surface area contributed by atoms with Gasteiger partial charge in [-0.25, -0.2) is 10.9 Å². The molecule has 33 heteroatoms. The lowest BCUT2D eigenvalue weighted by Gasteiger charge is -2.33. The van der Waals surface area contributed by atoms with Crippen LogP contribution < -0.4 is 70.2 Å². The molecule has 0 fully saturated rings. The number of nitrogens with two attached hydrogens (primary N) is 2. The van der Waals surface area contributed by atoms with E-state index in [1.54, 1.807) is 37.4 Å². The normalized spacial score (nSPS) is 23.5. The maximum Gasteiger partial charge on any atom is 0.303 e. The van der Waals surface area contributed by atoms with Gasteiger partial charge in [0.1, 0.15) is 47.3 Å². The fraction of sp³-hybridized carbons (Fsp3) is 0.582. The summed E-state index contributed by atoms with van der Waals surface area (Å²) >= 11 is 0. The zero-order chi connectivity index (χ0) is 83.9. The molecule has 0 saturated heterocycles. The molecule has 3 aromatic rings. The van der Waals surface area contributed by atoms with Gasteiger partial charge < -0.3 is 74.5 Å². The van der Waals surface area contributed by atoms with E-state index in [-0.39, 0.29) is 75.4 Å². The van der Waals surface area contributed by atoms with Gasteiger partial charge in [0.2, 0.25) is 82.2 Å². The number of nitrogens with one attached hydrogen (secondary N) is 12. The molecule has 616 valence electrons. The SMILES string of the molecule is CC(=O)C[C@]1(C)CCCCCC/C=C/CCC[C@@](C)(C(=O)N[C@@H](C)C(=O)NC(C)C(=O)N[C@@H](C)C(=O)C(=O)[C@H](C)NN[C@H](C)C(=O)C[C@H](C)C(N)=O)NC(=O)[C@H](CC(C)C)CN[C@@H](CCC(N)=O)C(=O)C(=O)C(C)NC(=O)[C@H](Cc2c[nH]c3ccccc23)NC(=O)C(Cc2ccc(O)cc2)NC(=O)[C@H](CCC(=O)O)NC1=O. The topological polar surface area (TPSA) is 531 Å². The number of ketones is 6. The van der Waals surface area contributed by atoms with Crippen molar-refractivity contribution in [3.8, 4) is 5.75 Å². The number of aliphatic carboxylic acids is 1. The highest BCUT2D eigenvalue weighted by Gasteiger charge is 2.42. The first-order valence-corrected chi connectivity index (χ1v) is 38.2. The Morgan fingerprint density at radius 1 is 0.598 bits per heavy atom. The monoisotopic (exact) mass is 1560 g/mol. The van der Waals surface area contributed by atoms with E-state index in [1.165, 1.54) is 86.6 Å². The number of carbonyl (C=O) groups excluding carboxylic acids is 16. The van der Waals surface area contributed by atoms with Gasteiger partial charge >= 0.3 is 5.97 Å². The molecule has 1 aliphatic heterocycles. The number of phenols is 1. The number of para-hydroxylation sites is 1. The Morgan fingerprint density at radius 2 is 1.16 bits per heavy atom. The molecule has 1 aromatic heterocycles. The molecular formula is C79H116N14O19. The number of allylic oxidation sites excluding steroid dienone is 2. The van der Waals surface area contributed by atoms with Crippen molar-refractivity contribution in [1.29, 1.82) is 0 Å². The van der Waals surface area contributed by atoms with Crippen molar-refractivity contribution in [3.63, 3.8) is 0 Å². The fourth-order valence-electron chi connectivity index (χ4n) is 12.7. The van der Waals surface area contributed by atoms with Gasteiger partial charge in [0.05, 0.1) is 41.5 Å². The molecule has 0 saturated carbocycles. The van der Waals surface area contributed by atoms with Gasteiger partial charge in [-0.1, -0.05) is 89.4 Å². The average Bonchev–Trinajstić information content (AvgIpc) is 1.78. The lowest BCUT2D eigenvalue weighted by atomic mass is 9.79. The number of fused-ring (bicyclic) bond motifs is 1. The van der Waals surface area contributed by atoms with Crippen LogP contribution in [0.25, 0.3) is 10.9 Å². The molecule has 0 aliphatic carbocycles. The summed E-state index contributed by atoms with van der Waals surface area (Å²) in [7, 11) is 0. The molecule has 1 aliphatic rings. The number of hydrogen-bond donors (Lipinski definition) is 16. The number of carboxylic acids is 1. The zero-order valence-corrected chi connectivity index (χ0v) is 66.3. The predicted molar refractivity (Wildman–Crippen MR) is 414 cm³/mol. The maximum atomic E-state index is 15.0. The van der Waals surface area contributed by atoms with E-state index in [0.717, 1.165) is 0 Å². The Labute approximate surface area is 652 Å². The number of carboxylic acid groups (broad SMARTS) is 1. The Hall–Kier alpha value is -10.4. The molecule has 2 heterocycles. The second-order valence-electron chi connectivity index (χ2n) is 30.4. The first-order chi connectivity index (χ1) is 52.6. The minimum absolute atomic E-state index is 0.0196.